The van der Waals surface area contributed by atoms with Gasteiger partial charge in [0, 0.05) is 0 Å². The molecule has 2 amide bonds. The van der Waals surface area contributed by atoms with E-state index in [1.54, 1.807) is 27.8 Å². The van der Waals surface area contributed by atoms with Gasteiger partial charge in [0.2, 0.25) is 11.8 Å². The molecule has 144 valence electrons. The third-order valence-electron chi connectivity index (χ3n) is 2.09. The number of ketones is 1. The van der Waals surface area contributed by atoms with E-state index in [9.17, 15) is 14.4 Å². The van der Waals surface area contributed by atoms with Gasteiger partial charge in [-0.2, -0.15) is 0 Å². The number of hydrogen-bond donors (Lipinski definition) is 4. The maximum absolute atomic E-state index is 11.4. The number of rotatable bonds is 6. The molecule has 0 heterocycles. The third kappa shape index (κ3) is 25.1. The van der Waals surface area contributed by atoms with Gasteiger partial charge in [0.05, 0.1) is 12.6 Å². The first-order valence-electron chi connectivity index (χ1n) is 8.27. The highest BCUT2D eigenvalue weighted by Crippen LogP contribution is 1.86. The van der Waals surface area contributed by atoms with Gasteiger partial charge in [0.25, 0.3) is 0 Å². The van der Waals surface area contributed by atoms with Crippen LogP contribution in [0.5, 0.6) is 0 Å². The first-order valence-corrected chi connectivity index (χ1v) is 8.27. The van der Waals surface area contributed by atoms with Crippen molar-refractivity contribution in [2.24, 2.45) is 5.73 Å². The highest BCUT2D eigenvalue weighted by molar-refractivity contribution is 5.91. The number of nitrogens with two attached hydrogens (primary N) is 1. The second kappa shape index (κ2) is 21.1. The van der Waals surface area contributed by atoms with E-state index in [2.05, 4.69) is 22.5 Å². The molecular weight excluding hydrogens is 308 g/mol. The summed E-state index contributed by atoms with van der Waals surface area (Å²) >= 11 is 0. The fourth-order valence-electron chi connectivity index (χ4n) is 0.900. The number of amides is 2. The van der Waals surface area contributed by atoms with E-state index in [0.717, 1.165) is 0 Å². The van der Waals surface area contributed by atoms with Crippen LogP contribution in [0, 0.1) is 0 Å². The minimum atomic E-state index is -0.650. The number of nitrogens with one attached hydrogen (secondary N) is 3. The van der Waals surface area contributed by atoms with Crippen LogP contribution in [0.1, 0.15) is 55.4 Å². The van der Waals surface area contributed by atoms with E-state index in [4.69, 9.17) is 5.73 Å². The van der Waals surface area contributed by atoms with Crippen molar-refractivity contribution < 1.29 is 14.4 Å². The van der Waals surface area contributed by atoms with Gasteiger partial charge in [0.15, 0.2) is 0 Å². The third-order valence-corrected chi connectivity index (χ3v) is 2.09. The van der Waals surface area contributed by atoms with Gasteiger partial charge in [-0.3, -0.25) is 14.4 Å². The maximum Gasteiger partial charge on any atom is 0.242 e. The number of allylic oxidation sites excluding steroid dienone is 1. The average molecular weight is 347 g/mol. The molecule has 0 fully saturated rings. The predicted octanol–water partition coefficient (Wildman–Crippen LogP) is 1.34. The second-order valence-corrected chi connectivity index (χ2v) is 4.51. The van der Waals surface area contributed by atoms with Crippen molar-refractivity contribution in [3.63, 3.8) is 0 Å². The van der Waals surface area contributed by atoms with Crippen molar-refractivity contribution in [2.75, 3.05) is 13.6 Å². The van der Waals surface area contributed by atoms with E-state index in [-0.39, 0.29) is 30.2 Å². The Kier molecular flexibility index (Phi) is 26.4. The lowest BCUT2D eigenvalue weighted by Crippen LogP contribution is -2.50. The Balaban J connectivity index is -0.000000212. The lowest BCUT2D eigenvalue weighted by molar-refractivity contribution is -0.130. The van der Waals surface area contributed by atoms with Crippen molar-refractivity contribution >= 4 is 17.6 Å². The van der Waals surface area contributed by atoms with Gasteiger partial charge in [-0.1, -0.05) is 34.3 Å². The zero-order chi connectivity index (χ0) is 20.3. The standard InChI is InChI=1S/C10H19N3O3.C3H7N.2C2H6/c1-6(14)5-12-9(15)8(3)13-10(16)7(2)11-4;1-3(2)4;2*1-2/h7-8,11H,5H2,1-4H3,(H,12,15)(H,13,16);1,4H2,2H3;2*1-2H3/t7-,8?;;;/m0.../s1. The largest absolute Gasteiger partial charge is 0.403 e. The van der Waals surface area contributed by atoms with Crippen LogP contribution in [0.3, 0.4) is 0 Å². The zero-order valence-electron chi connectivity index (χ0n) is 16.9. The normalized spacial score (nSPS) is 10.7. The fraction of sp³-hybridized carbons (Fsp3) is 0.706. The summed E-state index contributed by atoms with van der Waals surface area (Å²) in [4.78, 5) is 33.4. The molecule has 24 heavy (non-hydrogen) atoms. The highest BCUT2D eigenvalue weighted by Gasteiger charge is 2.18. The summed E-state index contributed by atoms with van der Waals surface area (Å²) in [6.07, 6.45) is 0. The quantitative estimate of drug-likeness (QED) is 0.579. The van der Waals surface area contributed by atoms with Gasteiger partial charge in [-0.25, -0.2) is 0 Å². The van der Waals surface area contributed by atoms with Gasteiger partial charge >= 0.3 is 0 Å². The minimum absolute atomic E-state index is 0.0133. The lowest BCUT2D eigenvalue weighted by atomic mass is 10.2. The minimum Gasteiger partial charge on any atom is -0.403 e. The van der Waals surface area contributed by atoms with Crippen LogP contribution in [0.25, 0.3) is 0 Å². The summed E-state index contributed by atoms with van der Waals surface area (Å²) in [5, 5.41) is 7.71. The predicted molar refractivity (Wildman–Crippen MR) is 102 cm³/mol. The molecule has 0 aliphatic carbocycles. The number of carbonyl (C=O) groups excluding carboxylic acids is 3. The highest BCUT2D eigenvalue weighted by atomic mass is 16.2. The van der Waals surface area contributed by atoms with Gasteiger partial charge in [0.1, 0.15) is 11.8 Å². The maximum atomic E-state index is 11.4. The van der Waals surface area contributed by atoms with Crippen LogP contribution in [0.4, 0.5) is 0 Å². The molecule has 5 N–H and O–H groups in total. The SMILES string of the molecule is C=C(C)N.CC.CC.CN[C@@H](C)C(=O)NC(C)C(=O)NCC(C)=O. The van der Waals surface area contributed by atoms with E-state index < -0.39 is 6.04 Å². The Morgan fingerprint density at radius 1 is 0.958 bits per heavy atom. The molecule has 7 nitrogen and oxygen atoms in total. The Morgan fingerprint density at radius 2 is 1.33 bits per heavy atom. The molecule has 0 saturated heterocycles. The van der Waals surface area contributed by atoms with Gasteiger partial charge < -0.3 is 21.7 Å². The van der Waals surface area contributed by atoms with E-state index >= 15 is 0 Å². The molecule has 0 aromatic carbocycles. The van der Waals surface area contributed by atoms with E-state index in [1.165, 1.54) is 6.92 Å². The van der Waals surface area contributed by atoms with Crippen molar-refractivity contribution in [1.29, 1.82) is 0 Å². The van der Waals surface area contributed by atoms with Crippen LogP contribution in [0.2, 0.25) is 0 Å². The number of carbonyl (C=O) groups is 3. The summed E-state index contributed by atoms with van der Waals surface area (Å²) < 4.78 is 0. The molecule has 0 spiro atoms. The monoisotopic (exact) mass is 346 g/mol. The van der Waals surface area contributed by atoms with E-state index in [0.29, 0.717) is 5.70 Å². The van der Waals surface area contributed by atoms with Crippen molar-refractivity contribution in [1.82, 2.24) is 16.0 Å². The number of likely N-dealkylation sites (N-methyl/N-ethyl adjacent to an activating group) is 1. The molecule has 2 atom stereocenters. The summed E-state index contributed by atoms with van der Waals surface area (Å²) in [5.74, 6) is -0.754. The topological polar surface area (TPSA) is 113 Å². The van der Waals surface area contributed by atoms with Crippen molar-refractivity contribution in [3.05, 3.63) is 12.3 Å². The van der Waals surface area contributed by atoms with E-state index in [1.807, 2.05) is 27.7 Å². The summed E-state index contributed by atoms with van der Waals surface area (Å²) in [6.45, 7) is 17.7. The van der Waals surface area contributed by atoms with Crippen LogP contribution < -0.4 is 21.7 Å². The van der Waals surface area contributed by atoms with Crippen LogP contribution in [0.15, 0.2) is 12.3 Å². The Hall–Kier alpha value is -1.89. The molecular formula is C17H38N4O3. The van der Waals surface area contributed by atoms with Crippen LogP contribution in [-0.2, 0) is 14.4 Å². The average Bonchev–Trinajstić information content (AvgIpc) is 2.54. The second-order valence-electron chi connectivity index (χ2n) is 4.51. The van der Waals surface area contributed by atoms with Gasteiger partial charge in [-0.05, 0) is 40.4 Å². The van der Waals surface area contributed by atoms with Crippen LogP contribution >= 0.6 is 0 Å². The molecule has 0 aromatic heterocycles. The number of Topliss-reactive ketones (excluding diaryl/α,β-unsaturated/α-hetero) is 1. The lowest BCUT2D eigenvalue weighted by Gasteiger charge is -2.16. The first kappa shape index (κ1) is 30.0. The molecule has 0 aromatic rings. The smallest absolute Gasteiger partial charge is 0.242 e. The van der Waals surface area contributed by atoms with Gasteiger partial charge in [-0.15, -0.1) is 0 Å². The molecule has 0 bridgehead atoms. The molecule has 0 aliphatic rings. The Morgan fingerprint density at radius 3 is 1.62 bits per heavy atom. The summed E-state index contributed by atoms with van der Waals surface area (Å²) in [5.41, 5.74) is 5.58. The molecule has 1 unspecified atom stereocenters. The fourth-order valence-corrected chi connectivity index (χ4v) is 0.900. The molecule has 0 rings (SSSR count). The molecule has 0 aliphatic heterocycles. The van der Waals surface area contributed by atoms with Crippen LogP contribution in [-0.4, -0.2) is 43.3 Å². The zero-order valence-corrected chi connectivity index (χ0v) is 16.9. The molecule has 0 radical (unpaired) electrons. The van der Waals surface area contributed by atoms with Crippen molar-refractivity contribution in [2.45, 2.75) is 67.5 Å². The summed E-state index contributed by atoms with van der Waals surface area (Å²) in [6, 6.07) is -1.01. The molecule has 0 saturated carbocycles. The Labute approximate surface area is 147 Å². The Bertz CT molecular complexity index is 354. The number of hydrogen-bond acceptors (Lipinski definition) is 5. The van der Waals surface area contributed by atoms with Crippen molar-refractivity contribution in [3.8, 4) is 0 Å². The first-order chi connectivity index (χ1) is 11.1. The summed E-state index contributed by atoms with van der Waals surface area (Å²) in [7, 11) is 1.66. The molecule has 7 heteroatoms.